The highest BCUT2D eigenvalue weighted by molar-refractivity contribution is 6.31. The van der Waals surface area contributed by atoms with Gasteiger partial charge in [0.15, 0.2) is 0 Å². The highest BCUT2D eigenvalue weighted by Crippen LogP contribution is 2.36. The Bertz CT molecular complexity index is 396. The molecule has 3 N–H and O–H groups in total. The molecule has 0 aliphatic rings. The Kier molecular flexibility index (Phi) is 5.88. The van der Waals surface area contributed by atoms with Crippen molar-refractivity contribution in [2.45, 2.75) is 26.8 Å². The first-order valence-electron chi connectivity index (χ1n) is 5.12. The summed E-state index contributed by atoms with van der Waals surface area (Å²) in [7, 11) is 0. The average molecular weight is 282 g/mol. The summed E-state index contributed by atoms with van der Waals surface area (Å²) in [6.07, 6.45) is 0. The Labute approximate surface area is 112 Å². The van der Waals surface area contributed by atoms with Gasteiger partial charge in [-0.3, -0.25) is 0 Å². The number of aliphatic hydroxyl groups excluding tert-OH is 1. The Morgan fingerprint density at radius 3 is 2.47 bits per heavy atom. The van der Waals surface area contributed by atoms with Crippen LogP contribution in [-0.2, 0) is 0 Å². The van der Waals surface area contributed by atoms with Gasteiger partial charge in [0.2, 0.25) is 0 Å². The maximum atomic E-state index is 13.9. The molecular weight excluding hydrogens is 264 g/mol. The van der Waals surface area contributed by atoms with Gasteiger partial charge in [-0.1, -0.05) is 31.5 Å². The van der Waals surface area contributed by atoms with Gasteiger partial charge in [-0.25, -0.2) is 4.39 Å². The Morgan fingerprint density at radius 1 is 1.47 bits per heavy atom. The molecule has 0 amide bonds. The molecule has 0 heterocycles. The lowest BCUT2D eigenvalue weighted by Gasteiger charge is -2.30. The second kappa shape index (κ2) is 6.01. The number of nitrogens with two attached hydrogens (primary N) is 1. The molecule has 0 unspecified atom stereocenters. The quantitative estimate of drug-likeness (QED) is 0.894. The van der Waals surface area contributed by atoms with E-state index in [9.17, 15) is 9.50 Å². The molecule has 0 fully saturated rings. The minimum atomic E-state index is -0.634. The maximum absolute atomic E-state index is 13.9. The molecule has 1 aromatic carbocycles. The van der Waals surface area contributed by atoms with Crippen molar-refractivity contribution in [1.82, 2.24) is 0 Å². The molecule has 1 rings (SSSR count). The third-order valence-corrected chi connectivity index (χ3v) is 3.21. The second-order valence-electron chi connectivity index (χ2n) is 4.72. The molecule has 0 spiro atoms. The van der Waals surface area contributed by atoms with Crippen LogP contribution in [0.3, 0.4) is 0 Å². The van der Waals surface area contributed by atoms with Crippen molar-refractivity contribution < 1.29 is 9.50 Å². The predicted octanol–water partition coefficient (Wildman–Crippen LogP) is 3.23. The SMILES string of the molecule is Cc1ccc(Cl)c([C@H](N)C(C)(C)CO)c1F.Cl. The fraction of sp³-hybridized carbons (Fsp3) is 0.500. The van der Waals surface area contributed by atoms with Crippen molar-refractivity contribution in [3.05, 3.63) is 34.1 Å². The van der Waals surface area contributed by atoms with E-state index in [1.165, 1.54) is 0 Å². The van der Waals surface area contributed by atoms with Crippen molar-refractivity contribution in [3.63, 3.8) is 0 Å². The van der Waals surface area contributed by atoms with E-state index in [1.54, 1.807) is 32.9 Å². The normalized spacial score (nSPS) is 13.1. The minimum absolute atomic E-state index is 0. The molecule has 98 valence electrons. The first-order valence-corrected chi connectivity index (χ1v) is 5.50. The highest BCUT2D eigenvalue weighted by Gasteiger charge is 2.31. The summed E-state index contributed by atoms with van der Waals surface area (Å²) in [6, 6.07) is 2.60. The summed E-state index contributed by atoms with van der Waals surface area (Å²) in [5.41, 5.74) is 6.14. The molecule has 0 aliphatic carbocycles. The first kappa shape index (κ1) is 16.6. The fourth-order valence-corrected chi connectivity index (χ4v) is 1.72. The van der Waals surface area contributed by atoms with Crippen LogP contribution >= 0.6 is 24.0 Å². The van der Waals surface area contributed by atoms with Gasteiger partial charge in [0, 0.05) is 28.6 Å². The van der Waals surface area contributed by atoms with Gasteiger partial charge >= 0.3 is 0 Å². The third-order valence-electron chi connectivity index (χ3n) is 2.88. The van der Waals surface area contributed by atoms with Gasteiger partial charge in [-0.2, -0.15) is 0 Å². The van der Waals surface area contributed by atoms with Gasteiger partial charge in [0.05, 0.1) is 0 Å². The topological polar surface area (TPSA) is 46.2 Å². The molecule has 5 heteroatoms. The molecule has 17 heavy (non-hydrogen) atoms. The van der Waals surface area contributed by atoms with Crippen molar-refractivity contribution in [3.8, 4) is 0 Å². The molecule has 0 bridgehead atoms. The third kappa shape index (κ3) is 3.32. The van der Waals surface area contributed by atoms with Gasteiger partial charge in [0.25, 0.3) is 0 Å². The van der Waals surface area contributed by atoms with Crippen molar-refractivity contribution in [2.24, 2.45) is 11.1 Å². The number of aliphatic hydroxyl groups is 1. The molecular formula is C12H18Cl2FNO. The molecule has 0 saturated carbocycles. The first-order chi connectivity index (χ1) is 7.31. The van der Waals surface area contributed by atoms with Crippen LogP contribution in [0.15, 0.2) is 12.1 Å². The zero-order valence-electron chi connectivity index (χ0n) is 10.1. The largest absolute Gasteiger partial charge is 0.396 e. The number of halogens is 3. The summed E-state index contributed by atoms with van der Waals surface area (Å²) >= 11 is 5.96. The summed E-state index contributed by atoms with van der Waals surface area (Å²) in [6.45, 7) is 5.08. The molecule has 0 aromatic heterocycles. The van der Waals surface area contributed by atoms with Crippen molar-refractivity contribution in [1.29, 1.82) is 0 Å². The molecule has 0 radical (unpaired) electrons. The summed E-state index contributed by atoms with van der Waals surface area (Å²) < 4.78 is 13.9. The lowest BCUT2D eigenvalue weighted by molar-refractivity contribution is 0.131. The van der Waals surface area contributed by atoms with E-state index in [0.717, 1.165) is 0 Å². The molecule has 0 saturated heterocycles. The number of hydrogen-bond donors (Lipinski definition) is 2. The molecule has 0 aliphatic heterocycles. The summed E-state index contributed by atoms with van der Waals surface area (Å²) in [5, 5.41) is 9.53. The Balaban J connectivity index is 0.00000256. The van der Waals surface area contributed by atoms with Crippen molar-refractivity contribution in [2.75, 3.05) is 6.61 Å². The molecule has 1 atom stereocenters. The number of hydrogen-bond acceptors (Lipinski definition) is 2. The number of rotatable bonds is 3. The van der Waals surface area contributed by atoms with Crippen LogP contribution in [0, 0.1) is 18.2 Å². The summed E-state index contributed by atoms with van der Waals surface area (Å²) in [5.74, 6) is -0.387. The lowest BCUT2D eigenvalue weighted by Crippen LogP contribution is -2.33. The fourth-order valence-electron chi connectivity index (χ4n) is 1.45. The van der Waals surface area contributed by atoms with Crippen LogP contribution in [0.5, 0.6) is 0 Å². The lowest BCUT2D eigenvalue weighted by atomic mass is 9.81. The minimum Gasteiger partial charge on any atom is -0.396 e. The van der Waals surface area contributed by atoms with Gasteiger partial charge in [-0.05, 0) is 18.6 Å². The monoisotopic (exact) mass is 281 g/mol. The number of benzene rings is 1. The molecule has 2 nitrogen and oxygen atoms in total. The van der Waals surface area contributed by atoms with Crippen LogP contribution in [-0.4, -0.2) is 11.7 Å². The number of aryl methyl sites for hydroxylation is 1. The van der Waals surface area contributed by atoms with E-state index in [2.05, 4.69) is 0 Å². The van der Waals surface area contributed by atoms with Crippen LogP contribution in [0.25, 0.3) is 0 Å². The van der Waals surface area contributed by atoms with Crippen LogP contribution in [0.1, 0.15) is 31.0 Å². The molecule has 1 aromatic rings. The zero-order valence-corrected chi connectivity index (χ0v) is 11.7. The van der Waals surface area contributed by atoms with Crippen molar-refractivity contribution >= 4 is 24.0 Å². The standard InChI is InChI=1S/C12H17ClFNO.ClH/c1-7-4-5-8(13)9(10(7)14)11(15)12(2,3)6-16;/h4-5,11,16H,6,15H2,1-3H3;1H/t11-;/m0./s1. The van der Waals surface area contributed by atoms with Crippen LogP contribution < -0.4 is 5.73 Å². The van der Waals surface area contributed by atoms with Gasteiger partial charge in [-0.15, -0.1) is 12.4 Å². The zero-order chi connectivity index (χ0) is 12.5. The second-order valence-corrected chi connectivity index (χ2v) is 5.12. The van der Waals surface area contributed by atoms with E-state index in [1.807, 2.05) is 0 Å². The van der Waals surface area contributed by atoms with E-state index in [4.69, 9.17) is 17.3 Å². The van der Waals surface area contributed by atoms with E-state index in [-0.39, 0.29) is 30.4 Å². The van der Waals surface area contributed by atoms with Gasteiger partial charge in [0.1, 0.15) is 5.82 Å². The van der Waals surface area contributed by atoms with Crippen LogP contribution in [0.2, 0.25) is 5.02 Å². The van der Waals surface area contributed by atoms with E-state index >= 15 is 0 Å². The van der Waals surface area contributed by atoms with Crippen LogP contribution in [0.4, 0.5) is 4.39 Å². The maximum Gasteiger partial charge on any atom is 0.132 e. The van der Waals surface area contributed by atoms with E-state index in [0.29, 0.717) is 10.6 Å². The highest BCUT2D eigenvalue weighted by atomic mass is 35.5. The Hall–Kier alpha value is -0.350. The predicted molar refractivity (Wildman–Crippen MR) is 71.2 cm³/mol. The van der Waals surface area contributed by atoms with E-state index < -0.39 is 11.5 Å². The Morgan fingerprint density at radius 2 is 2.00 bits per heavy atom. The average Bonchev–Trinajstić information content (AvgIpc) is 2.24. The van der Waals surface area contributed by atoms with Gasteiger partial charge < -0.3 is 10.8 Å². The smallest absolute Gasteiger partial charge is 0.132 e. The summed E-state index contributed by atoms with van der Waals surface area (Å²) in [4.78, 5) is 0.